The summed E-state index contributed by atoms with van der Waals surface area (Å²) in [5.74, 6) is -0.361. The number of hydrogen-bond acceptors (Lipinski definition) is 6. The number of carbonyl (C=O) groups excluding carboxylic acids is 1. The fraction of sp³-hybridized carbons (Fsp3) is 0.217. The second kappa shape index (κ2) is 10.5. The lowest BCUT2D eigenvalue weighted by Gasteiger charge is -2.38. The van der Waals surface area contributed by atoms with Crippen molar-refractivity contribution in [2.45, 2.75) is 0 Å². The summed E-state index contributed by atoms with van der Waals surface area (Å²) >= 11 is 1.36. The molecule has 1 aliphatic heterocycles. The van der Waals surface area contributed by atoms with Gasteiger partial charge in [-0.2, -0.15) is 0 Å². The molecule has 0 aliphatic carbocycles. The van der Waals surface area contributed by atoms with Gasteiger partial charge in [-0.25, -0.2) is 4.79 Å². The Hall–Kier alpha value is -3.52. The number of methoxy groups -OCH3 is 1. The van der Waals surface area contributed by atoms with E-state index in [1.54, 1.807) is 31.4 Å². The van der Waals surface area contributed by atoms with Crippen LogP contribution in [-0.4, -0.2) is 50.3 Å². The van der Waals surface area contributed by atoms with Crippen LogP contribution in [0.15, 0.2) is 66.0 Å². The normalized spacial score (nSPS) is 13.2. The Labute approximate surface area is 185 Å². The molecule has 31 heavy (non-hydrogen) atoms. The Morgan fingerprint density at radius 3 is 2.00 bits per heavy atom. The Morgan fingerprint density at radius 1 is 0.903 bits per heavy atom. The molecule has 1 amide bonds. The van der Waals surface area contributed by atoms with Gasteiger partial charge in [0, 0.05) is 26.2 Å². The quantitative estimate of drug-likeness (QED) is 0.631. The summed E-state index contributed by atoms with van der Waals surface area (Å²) in [7, 11) is 1.68. The van der Waals surface area contributed by atoms with E-state index in [4.69, 9.17) is 10.5 Å². The molecular weight excluding hydrogens is 414 g/mol. The molecular formula is C23H25N3O4S. The minimum absolute atomic E-state index is 0.347. The zero-order valence-electron chi connectivity index (χ0n) is 17.2. The van der Waals surface area contributed by atoms with Gasteiger partial charge in [0.2, 0.25) is 0 Å². The summed E-state index contributed by atoms with van der Waals surface area (Å²) in [5, 5.41) is 11.2. The Bertz CT molecular complexity index is 1020. The second-order valence-electron chi connectivity index (χ2n) is 6.81. The maximum atomic E-state index is 11.4. The number of hydrogen-bond donors (Lipinski definition) is 2. The van der Waals surface area contributed by atoms with Crippen molar-refractivity contribution in [1.82, 2.24) is 0 Å². The van der Waals surface area contributed by atoms with Crippen LogP contribution in [0, 0.1) is 0 Å². The standard InChI is InChI=1S/C18H20N2O3.C5H5NOS/c1-23-17-9-5-4-8-16(17)20-12-10-19(11-13-20)15-7-3-2-6-14(15)18(21)22;6-5(7)4-2-1-3-8-4/h2-9H,10-13H2,1H3,(H,21,22);1-3H,(H2,6,7). The van der Waals surface area contributed by atoms with Crippen molar-refractivity contribution in [2.75, 3.05) is 43.1 Å². The number of primary amides is 1. The van der Waals surface area contributed by atoms with E-state index in [2.05, 4.69) is 15.9 Å². The summed E-state index contributed by atoms with van der Waals surface area (Å²) in [4.78, 5) is 26.7. The zero-order chi connectivity index (χ0) is 22.2. The van der Waals surface area contributed by atoms with Crippen LogP contribution in [0.4, 0.5) is 11.4 Å². The van der Waals surface area contributed by atoms with Crippen LogP contribution in [-0.2, 0) is 0 Å². The van der Waals surface area contributed by atoms with Crippen LogP contribution in [0.1, 0.15) is 20.0 Å². The highest BCUT2D eigenvalue weighted by Crippen LogP contribution is 2.30. The first-order valence-corrected chi connectivity index (χ1v) is 10.7. The number of nitrogens with zero attached hydrogens (tertiary/aromatic N) is 2. The Kier molecular flexibility index (Phi) is 7.50. The van der Waals surface area contributed by atoms with Gasteiger partial charge in [-0.15, -0.1) is 11.3 Å². The maximum absolute atomic E-state index is 11.4. The van der Waals surface area contributed by atoms with Crippen molar-refractivity contribution in [1.29, 1.82) is 0 Å². The van der Waals surface area contributed by atoms with Crippen LogP contribution in [0.2, 0.25) is 0 Å². The molecule has 1 saturated heterocycles. The summed E-state index contributed by atoms with van der Waals surface area (Å²) in [6.07, 6.45) is 0. The van der Waals surface area contributed by atoms with E-state index in [0.29, 0.717) is 10.4 Å². The largest absolute Gasteiger partial charge is 0.495 e. The van der Waals surface area contributed by atoms with Crippen molar-refractivity contribution in [3.8, 4) is 5.75 Å². The van der Waals surface area contributed by atoms with Crippen LogP contribution >= 0.6 is 11.3 Å². The third-order valence-corrected chi connectivity index (χ3v) is 5.83. The van der Waals surface area contributed by atoms with Crippen molar-refractivity contribution in [2.24, 2.45) is 5.73 Å². The van der Waals surface area contributed by atoms with E-state index in [1.807, 2.05) is 35.7 Å². The molecule has 2 heterocycles. The van der Waals surface area contributed by atoms with Crippen LogP contribution in [0.25, 0.3) is 0 Å². The third kappa shape index (κ3) is 5.55. The number of rotatable bonds is 5. The second-order valence-corrected chi connectivity index (χ2v) is 7.76. The smallest absolute Gasteiger partial charge is 0.337 e. The van der Waals surface area contributed by atoms with Gasteiger partial charge >= 0.3 is 5.97 Å². The van der Waals surface area contributed by atoms with Gasteiger partial charge in [0.05, 0.1) is 28.9 Å². The number of piperazine rings is 1. The molecule has 1 fully saturated rings. The third-order valence-electron chi connectivity index (χ3n) is 4.94. The van der Waals surface area contributed by atoms with Gasteiger partial charge in [-0.1, -0.05) is 30.3 Å². The van der Waals surface area contributed by atoms with Gasteiger partial charge in [0.25, 0.3) is 5.91 Å². The van der Waals surface area contributed by atoms with Gasteiger partial charge < -0.3 is 25.4 Å². The highest BCUT2D eigenvalue weighted by atomic mass is 32.1. The van der Waals surface area contributed by atoms with Crippen molar-refractivity contribution < 1.29 is 19.4 Å². The molecule has 162 valence electrons. The minimum atomic E-state index is -0.882. The van der Waals surface area contributed by atoms with Crippen molar-refractivity contribution in [3.05, 3.63) is 76.5 Å². The van der Waals surface area contributed by atoms with E-state index in [0.717, 1.165) is 43.3 Å². The predicted octanol–water partition coefficient (Wildman–Crippen LogP) is 3.57. The molecule has 0 saturated carbocycles. The van der Waals surface area contributed by atoms with Gasteiger partial charge in [0.15, 0.2) is 0 Å². The number of para-hydroxylation sites is 3. The molecule has 0 radical (unpaired) electrons. The van der Waals surface area contributed by atoms with E-state index >= 15 is 0 Å². The Morgan fingerprint density at radius 2 is 1.48 bits per heavy atom. The number of carboxylic acid groups (broad SMARTS) is 1. The van der Waals surface area contributed by atoms with E-state index in [9.17, 15) is 14.7 Å². The number of amides is 1. The molecule has 3 N–H and O–H groups in total. The lowest BCUT2D eigenvalue weighted by molar-refractivity contribution is 0.0697. The average Bonchev–Trinajstić information content (AvgIpc) is 3.35. The molecule has 0 atom stereocenters. The number of benzene rings is 2. The van der Waals surface area contributed by atoms with Gasteiger partial charge in [-0.05, 0) is 35.7 Å². The molecule has 3 aromatic rings. The number of anilines is 2. The summed E-state index contributed by atoms with van der Waals surface area (Å²) in [6.45, 7) is 3.22. The topological polar surface area (TPSA) is 96.1 Å². The average molecular weight is 440 g/mol. The van der Waals surface area contributed by atoms with Crippen molar-refractivity contribution in [3.63, 3.8) is 0 Å². The number of ether oxygens (including phenoxy) is 1. The number of carboxylic acids is 1. The first kappa shape index (κ1) is 22.2. The number of carbonyl (C=O) groups is 2. The first-order valence-electron chi connectivity index (χ1n) is 9.79. The lowest BCUT2D eigenvalue weighted by Crippen LogP contribution is -2.47. The molecule has 7 nitrogen and oxygen atoms in total. The summed E-state index contributed by atoms with van der Waals surface area (Å²) in [6, 6.07) is 18.7. The lowest BCUT2D eigenvalue weighted by atomic mass is 10.1. The van der Waals surface area contributed by atoms with E-state index in [1.165, 1.54) is 11.3 Å². The van der Waals surface area contributed by atoms with Crippen LogP contribution < -0.4 is 20.3 Å². The number of aromatic carboxylic acids is 1. The number of thiophene rings is 1. The molecule has 8 heteroatoms. The molecule has 1 aromatic heterocycles. The fourth-order valence-corrected chi connectivity index (χ4v) is 4.01. The van der Waals surface area contributed by atoms with Crippen LogP contribution in [0.3, 0.4) is 0 Å². The maximum Gasteiger partial charge on any atom is 0.337 e. The monoisotopic (exact) mass is 439 g/mol. The van der Waals surface area contributed by atoms with E-state index < -0.39 is 5.97 Å². The predicted molar refractivity (Wildman–Crippen MR) is 124 cm³/mol. The summed E-state index contributed by atoms with van der Waals surface area (Å²) in [5.41, 5.74) is 7.16. The zero-order valence-corrected chi connectivity index (χ0v) is 18.0. The van der Waals surface area contributed by atoms with Crippen molar-refractivity contribution >= 4 is 34.6 Å². The molecule has 0 spiro atoms. The molecule has 2 aromatic carbocycles. The van der Waals surface area contributed by atoms with Crippen LogP contribution in [0.5, 0.6) is 5.75 Å². The highest BCUT2D eigenvalue weighted by Gasteiger charge is 2.22. The van der Waals surface area contributed by atoms with Gasteiger partial charge in [-0.3, -0.25) is 4.79 Å². The molecule has 4 rings (SSSR count). The van der Waals surface area contributed by atoms with E-state index in [-0.39, 0.29) is 5.91 Å². The summed E-state index contributed by atoms with van der Waals surface area (Å²) < 4.78 is 5.43. The molecule has 1 aliphatic rings. The molecule has 0 bridgehead atoms. The highest BCUT2D eigenvalue weighted by molar-refractivity contribution is 7.12. The fourth-order valence-electron chi connectivity index (χ4n) is 3.43. The van der Waals surface area contributed by atoms with Gasteiger partial charge in [0.1, 0.15) is 5.75 Å². The number of nitrogens with two attached hydrogens (primary N) is 1. The minimum Gasteiger partial charge on any atom is -0.495 e. The SMILES string of the molecule is COc1ccccc1N1CCN(c2ccccc2C(=O)O)CC1.NC(=O)c1cccs1. The first-order chi connectivity index (χ1) is 15.0. The molecule has 0 unspecified atom stereocenters. The Balaban J connectivity index is 0.000000287.